The summed E-state index contributed by atoms with van der Waals surface area (Å²) in [6, 6.07) is 5.61. The molecule has 1 aromatic rings. The van der Waals surface area contributed by atoms with Gasteiger partial charge < -0.3 is 9.64 Å². The van der Waals surface area contributed by atoms with Crippen molar-refractivity contribution in [1.82, 2.24) is 4.90 Å². The first-order valence-corrected chi connectivity index (χ1v) is 11.2. The van der Waals surface area contributed by atoms with E-state index in [9.17, 15) is 9.59 Å². The predicted molar refractivity (Wildman–Crippen MR) is 110 cm³/mol. The molecule has 0 bridgehead atoms. The van der Waals surface area contributed by atoms with Gasteiger partial charge >= 0.3 is 5.97 Å². The molecule has 27 heavy (non-hydrogen) atoms. The van der Waals surface area contributed by atoms with Crippen LogP contribution < -0.4 is 0 Å². The molecule has 2 aliphatic carbocycles. The van der Waals surface area contributed by atoms with E-state index in [1.54, 1.807) is 18.2 Å². The Balaban J connectivity index is 1.66. The zero-order chi connectivity index (χ0) is 19.2. The van der Waals surface area contributed by atoms with Crippen LogP contribution in [0, 0.1) is 0 Å². The Hall–Kier alpha value is -1.07. The minimum absolute atomic E-state index is 0.0618. The number of ether oxygens (including phenoxy) is 1. The van der Waals surface area contributed by atoms with Gasteiger partial charge in [-0.05, 0) is 43.9 Å². The standard InChI is InChI=1S/C21H27BrClNO3/c22-15-11-12-19(23)18(13-15)21(26)27-14-20(25)24(16-7-3-1-4-8-16)17-9-5-2-6-10-17/h11-13,16-17H,1-10,14H2. The first-order chi connectivity index (χ1) is 13.1. The maximum atomic E-state index is 13.0. The smallest absolute Gasteiger partial charge is 0.340 e. The average Bonchev–Trinajstić information content (AvgIpc) is 2.70. The number of hydrogen-bond donors (Lipinski definition) is 0. The molecule has 148 valence electrons. The largest absolute Gasteiger partial charge is 0.452 e. The molecule has 1 amide bonds. The lowest BCUT2D eigenvalue weighted by molar-refractivity contribution is -0.141. The van der Waals surface area contributed by atoms with Crippen molar-refractivity contribution < 1.29 is 14.3 Å². The monoisotopic (exact) mass is 455 g/mol. The molecule has 2 aliphatic rings. The minimum atomic E-state index is -0.554. The number of carbonyl (C=O) groups is 2. The van der Waals surface area contributed by atoms with Crippen LogP contribution in [0.3, 0.4) is 0 Å². The second-order valence-electron chi connectivity index (χ2n) is 7.58. The summed E-state index contributed by atoms with van der Waals surface area (Å²) < 4.78 is 6.10. The van der Waals surface area contributed by atoms with Crippen LogP contribution in [0.2, 0.25) is 5.02 Å². The van der Waals surface area contributed by atoms with E-state index < -0.39 is 5.97 Å². The molecule has 2 fully saturated rings. The number of hydrogen-bond acceptors (Lipinski definition) is 3. The molecule has 1 aromatic carbocycles. The third-order valence-corrected chi connectivity index (χ3v) is 6.52. The molecule has 0 N–H and O–H groups in total. The summed E-state index contributed by atoms with van der Waals surface area (Å²) in [5, 5.41) is 0.326. The summed E-state index contributed by atoms with van der Waals surface area (Å²) in [6.45, 7) is -0.214. The zero-order valence-electron chi connectivity index (χ0n) is 15.6. The van der Waals surface area contributed by atoms with Gasteiger partial charge in [0.15, 0.2) is 6.61 Å². The van der Waals surface area contributed by atoms with E-state index in [0.717, 1.165) is 30.2 Å². The van der Waals surface area contributed by atoms with Gasteiger partial charge in [-0.15, -0.1) is 0 Å². The second-order valence-corrected chi connectivity index (χ2v) is 8.91. The number of rotatable bonds is 5. The van der Waals surface area contributed by atoms with Gasteiger partial charge in [-0.3, -0.25) is 4.79 Å². The van der Waals surface area contributed by atoms with Crippen LogP contribution in [-0.4, -0.2) is 35.5 Å². The Bertz CT molecular complexity index is 651. The lowest BCUT2D eigenvalue weighted by Crippen LogP contribution is -2.50. The normalized spacial score (nSPS) is 18.9. The summed E-state index contributed by atoms with van der Waals surface area (Å²) in [7, 11) is 0. The van der Waals surface area contributed by atoms with E-state index in [4.69, 9.17) is 16.3 Å². The van der Waals surface area contributed by atoms with Crippen LogP contribution in [0.5, 0.6) is 0 Å². The van der Waals surface area contributed by atoms with Gasteiger partial charge in [0.25, 0.3) is 5.91 Å². The van der Waals surface area contributed by atoms with Crippen LogP contribution >= 0.6 is 27.5 Å². The number of esters is 1. The number of nitrogens with zero attached hydrogens (tertiary/aromatic N) is 1. The molecule has 0 heterocycles. The van der Waals surface area contributed by atoms with Gasteiger partial charge in [-0.25, -0.2) is 4.79 Å². The van der Waals surface area contributed by atoms with Gasteiger partial charge in [0, 0.05) is 16.6 Å². The maximum Gasteiger partial charge on any atom is 0.340 e. The Labute approximate surface area is 174 Å². The zero-order valence-corrected chi connectivity index (χ0v) is 17.9. The second kappa shape index (κ2) is 9.92. The van der Waals surface area contributed by atoms with Crippen molar-refractivity contribution in [2.75, 3.05) is 6.61 Å². The summed E-state index contributed by atoms with van der Waals surface area (Å²) >= 11 is 9.43. The Morgan fingerprint density at radius 2 is 1.56 bits per heavy atom. The van der Waals surface area contributed by atoms with Crippen LogP contribution in [0.4, 0.5) is 0 Å². The van der Waals surface area contributed by atoms with E-state index in [2.05, 4.69) is 20.8 Å². The van der Waals surface area contributed by atoms with Crippen molar-refractivity contribution in [3.05, 3.63) is 33.3 Å². The van der Waals surface area contributed by atoms with E-state index in [0.29, 0.717) is 17.1 Å². The van der Waals surface area contributed by atoms with Crippen molar-refractivity contribution in [2.45, 2.75) is 76.3 Å². The SMILES string of the molecule is O=C(OCC(=O)N(C1CCCCC1)C1CCCCC1)c1cc(Br)ccc1Cl. The predicted octanol–water partition coefficient (Wildman–Crippen LogP) is 5.75. The van der Waals surface area contributed by atoms with Gasteiger partial charge in [-0.1, -0.05) is 66.1 Å². The third-order valence-electron chi connectivity index (χ3n) is 5.70. The van der Waals surface area contributed by atoms with E-state index in [1.807, 2.05) is 0 Å². The first-order valence-electron chi connectivity index (χ1n) is 9.99. The lowest BCUT2D eigenvalue weighted by atomic mass is 9.88. The molecule has 0 aromatic heterocycles. The van der Waals surface area contributed by atoms with Gasteiger partial charge in [0.05, 0.1) is 10.6 Å². The van der Waals surface area contributed by atoms with Crippen molar-refractivity contribution in [3.63, 3.8) is 0 Å². The number of benzene rings is 1. The van der Waals surface area contributed by atoms with Crippen molar-refractivity contribution in [1.29, 1.82) is 0 Å². The fraction of sp³-hybridized carbons (Fsp3) is 0.619. The quantitative estimate of drug-likeness (QED) is 0.530. The molecule has 0 unspecified atom stereocenters. The Morgan fingerprint density at radius 1 is 1.00 bits per heavy atom. The third kappa shape index (κ3) is 5.47. The molecule has 0 saturated heterocycles. The molecular formula is C21H27BrClNO3. The van der Waals surface area contributed by atoms with Gasteiger partial charge in [0.1, 0.15) is 0 Å². The highest BCUT2D eigenvalue weighted by molar-refractivity contribution is 9.10. The van der Waals surface area contributed by atoms with Crippen LogP contribution in [-0.2, 0) is 9.53 Å². The highest BCUT2D eigenvalue weighted by Gasteiger charge is 2.32. The topological polar surface area (TPSA) is 46.6 Å². The lowest BCUT2D eigenvalue weighted by Gasteiger charge is -2.41. The maximum absolute atomic E-state index is 13.0. The summed E-state index contributed by atoms with van der Waals surface area (Å²) in [6.07, 6.45) is 11.5. The van der Waals surface area contributed by atoms with E-state index in [1.165, 1.54) is 38.5 Å². The molecule has 0 radical (unpaired) electrons. The molecule has 4 nitrogen and oxygen atoms in total. The molecule has 0 spiro atoms. The summed E-state index contributed by atoms with van der Waals surface area (Å²) in [5.41, 5.74) is 0.278. The number of amides is 1. The highest BCUT2D eigenvalue weighted by Crippen LogP contribution is 2.30. The first kappa shape index (κ1) is 20.7. The molecule has 3 rings (SSSR count). The molecular weight excluding hydrogens is 430 g/mol. The van der Waals surface area contributed by atoms with E-state index in [-0.39, 0.29) is 18.1 Å². The number of carbonyl (C=O) groups excluding carboxylic acids is 2. The Morgan fingerprint density at radius 3 is 2.11 bits per heavy atom. The van der Waals surface area contributed by atoms with Crippen molar-refractivity contribution in [2.24, 2.45) is 0 Å². The molecule has 6 heteroatoms. The molecule has 0 aliphatic heterocycles. The van der Waals surface area contributed by atoms with Gasteiger partial charge in [-0.2, -0.15) is 0 Å². The molecule has 0 atom stereocenters. The van der Waals surface area contributed by atoms with Crippen molar-refractivity contribution >= 4 is 39.4 Å². The van der Waals surface area contributed by atoms with Crippen molar-refractivity contribution in [3.8, 4) is 0 Å². The van der Waals surface area contributed by atoms with Crippen LogP contribution in [0.25, 0.3) is 0 Å². The number of halogens is 2. The summed E-state index contributed by atoms with van der Waals surface area (Å²) in [4.78, 5) is 27.5. The highest BCUT2D eigenvalue weighted by atomic mass is 79.9. The Kier molecular flexibility index (Phi) is 7.59. The fourth-order valence-electron chi connectivity index (χ4n) is 4.36. The van der Waals surface area contributed by atoms with Crippen LogP contribution in [0.15, 0.2) is 22.7 Å². The fourth-order valence-corrected chi connectivity index (χ4v) is 4.91. The average molecular weight is 457 g/mol. The van der Waals surface area contributed by atoms with E-state index >= 15 is 0 Å². The minimum Gasteiger partial charge on any atom is -0.452 e. The molecule has 2 saturated carbocycles. The van der Waals surface area contributed by atoms with Gasteiger partial charge in [0.2, 0.25) is 0 Å². The van der Waals surface area contributed by atoms with Crippen LogP contribution in [0.1, 0.15) is 74.6 Å². The summed E-state index contributed by atoms with van der Waals surface area (Å²) in [5.74, 6) is -0.616.